The molecular formula is C15H21N2O10P. The fraction of sp³-hybridized carbons (Fsp3) is 0.600. The first-order valence-corrected chi connectivity index (χ1v) is 9.19. The topological polar surface area (TPSA) is 144 Å². The Bertz CT molecular complexity index is 805. The third kappa shape index (κ3) is 5.46. The zero-order valence-corrected chi connectivity index (χ0v) is 16.5. The standard InChI is InChI=1S/C15H21N2O10P/c1-8(18)25-12-10(7-24-28(22-3)23-4)27-14(13(12)26-9(2)19)17-6-5-11(20)16-15(17)21/h5-6,10,12-14H,7H2,1-4H3,(H,16,20,21)/t10-,12-,13-,14-/m1/s1. The summed E-state index contributed by atoms with van der Waals surface area (Å²) in [6, 6.07) is 1.11. The van der Waals surface area contributed by atoms with Gasteiger partial charge in [-0.2, -0.15) is 0 Å². The fourth-order valence-electron chi connectivity index (χ4n) is 2.66. The van der Waals surface area contributed by atoms with Crippen molar-refractivity contribution >= 4 is 20.5 Å². The molecule has 0 spiro atoms. The average molecular weight is 420 g/mol. The second-order valence-electron chi connectivity index (χ2n) is 5.62. The van der Waals surface area contributed by atoms with Gasteiger partial charge in [-0.15, -0.1) is 0 Å². The lowest BCUT2D eigenvalue weighted by Crippen LogP contribution is -2.42. The quantitative estimate of drug-likeness (QED) is 0.445. The van der Waals surface area contributed by atoms with Crippen molar-refractivity contribution in [3.05, 3.63) is 33.1 Å². The molecule has 1 aliphatic rings. The number of nitrogens with one attached hydrogen (secondary N) is 1. The Morgan fingerprint density at radius 1 is 1.14 bits per heavy atom. The van der Waals surface area contributed by atoms with Gasteiger partial charge in [-0.25, -0.2) is 4.79 Å². The van der Waals surface area contributed by atoms with Crippen molar-refractivity contribution < 1.29 is 37.4 Å². The number of carbonyl (C=O) groups is 2. The Hall–Kier alpha value is -2.11. The minimum Gasteiger partial charge on any atom is -0.456 e. The molecule has 1 aromatic heterocycles. The van der Waals surface area contributed by atoms with E-state index in [1.54, 1.807) is 0 Å². The van der Waals surface area contributed by atoms with E-state index in [0.717, 1.165) is 17.6 Å². The molecule has 0 radical (unpaired) electrons. The Labute approximate surface area is 160 Å². The molecule has 12 nitrogen and oxygen atoms in total. The second-order valence-corrected chi connectivity index (χ2v) is 7.05. The molecule has 0 aliphatic carbocycles. The van der Waals surface area contributed by atoms with Gasteiger partial charge in [0.1, 0.15) is 6.10 Å². The van der Waals surface area contributed by atoms with Crippen molar-refractivity contribution in [3.63, 3.8) is 0 Å². The third-order valence-corrected chi connectivity index (χ3v) is 4.61. The summed E-state index contributed by atoms with van der Waals surface area (Å²) in [7, 11) is 1.11. The highest BCUT2D eigenvalue weighted by Gasteiger charge is 2.50. The largest absolute Gasteiger partial charge is 0.456 e. The Morgan fingerprint density at radius 2 is 1.75 bits per heavy atom. The van der Waals surface area contributed by atoms with Crippen LogP contribution in [0.15, 0.2) is 21.9 Å². The van der Waals surface area contributed by atoms with Gasteiger partial charge in [0.25, 0.3) is 5.56 Å². The van der Waals surface area contributed by atoms with Gasteiger partial charge in [-0.1, -0.05) is 0 Å². The number of aromatic nitrogens is 2. The lowest BCUT2D eigenvalue weighted by Gasteiger charge is -2.24. The molecule has 1 aromatic rings. The van der Waals surface area contributed by atoms with Gasteiger partial charge in [-0.3, -0.25) is 23.9 Å². The molecule has 0 bridgehead atoms. The second kappa shape index (κ2) is 9.89. The zero-order chi connectivity index (χ0) is 20.8. The maximum absolute atomic E-state index is 12.2. The molecule has 1 N–H and O–H groups in total. The first-order valence-electron chi connectivity index (χ1n) is 8.09. The normalized spacial score (nSPS) is 24.3. The summed E-state index contributed by atoms with van der Waals surface area (Å²) in [6.07, 6.45) is -3.12. The van der Waals surface area contributed by atoms with Crippen LogP contribution in [0, 0.1) is 0 Å². The van der Waals surface area contributed by atoms with Crippen LogP contribution in [0.4, 0.5) is 0 Å². The number of ether oxygens (including phenoxy) is 3. The summed E-state index contributed by atoms with van der Waals surface area (Å²) in [6.45, 7) is 2.20. The van der Waals surface area contributed by atoms with E-state index in [1.165, 1.54) is 27.3 Å². The van der Waals surface area contributed by atoms with Gasteiger partial charge in [0.2, 0.25) is 0 Å². The molecule has 0 amide bonds. The number of aromatic amines is 1. The maximum Gasteiger partial charge on any atom is 0.332 e. The van der Waals surface area contributed by atoms with Crippen molar-refractivity contribution in [2.75, 3.05) is 20.8 Å². The highest BCUT2D eigenvalue weighted by Crippen LogP contribution is 2.40. The highest BCUT2D eigenvalue weighted by molar-refractivity contribution is 7.41. The Balaban J connectivity index is 2.36. The van der Waals surface area contributed by atoms with E-state index in [2.05, 4.69) is 4.98 Å². The molecule has 13 heteroatoms. The van der Waals surface area contributed by atoms with Crippen molar-refractivity contribution in [1.29, 1.82) is 0 Å². The average Bonchev–Trinajstić information content (AvgIpc) is 2.92. The summed E-state index contributed by atoms with van der Waals surface area (Å²) < 4.78 is 32.8. The molecule has 2 heterocycles. The van der Waals surface area contributed by atoms with E-state index in [1.807, 2.05) is 0 Å². The molecule has 156 valence electrons. The summed E-state index contributed by atoms with van der Waals surface area (Å²) >= 11 is 0. The van der Waals surface area contributed by atoms with Crippen LogP contribution in [-0.2, 0) is 37.4 Å². The predicted octanol–water partition coefficient (Wildman–Crippen LogP) is -0.166. The highest BCUT2D eigenvalue weighted by atomic mass is 31.2. The smallest absolute Gasteiger partial charge is 0.332 e. The summed E-state index contributed by atoms with van der Waals surface area (Å²) in [4.78, 5) is 48.7. The van der Waals surface area contributed by atoms with Crippen LogP contribution < -0.4 is 11.2 Å². The first kappa shape index (κ1) is 22.2. The number of hydrogen-bond donors (Lipinski definition) is 1. The lowest BCUT2D eigenvalue weighted by atomic mass is 10.1. The molecule has 28 heavy (non-hydrogen) atoms. The molecule has 0 aromatic carbocycles. The Kier molecular flexibility index (Phi) is 7.84. The van der Waals surface area contributed by atoms with Crippen LogP contribution in [0.3, 0.4) is 0 Å². The van der Waals surface area contributed by atoms with Crippen LogP contribution in [0.5, 0.6) is 0 Å². The number of hydrogen-bond acceptors (Lipinski definition) is 10. The van der Waals surface area contributed by atoms with E-state index in [0.29, 0.717) is 0 Å². The molecular weight excluding hydrogens is 399 g/mol. The van der Waals surface area contributed by atoms with E-state index < -0.39 is 56.3 Å². The number of rotatable bonds is 8. The molecule has 0 saturated carbocycles. The van der Waals surface area contributed by atoms with E-state index in [-0.39, 0.29) is 6.61 Å². The molecule has 2 rings (SSSR count). The number of nitrogens with zero attached hydrogens (tertiary/aromatic N) is 1. The van der Waals surface area contributed by atoms with Crippen molar-refractivity contribution in [1.82, 2.24) is 9.55 Å². The fourth-order valence-corrected chi connectivity index (χ4v) is 3.29. The van der Waals surface area contributed by atoms with Crippen molar-refractivity contribution in [3.8, 4) is 0 Å². The van der Waals surface area contributed by atoms with Crippen molar-refractivity contribution in [2.24, 2.45) is 0 Å². The van der Waals surface area contributed by atoms with Gasteiger partial charge in [0.05, 0.1) is 6.61 Å². The molecule has 1 fully saturated rings. The van der Waals surface area contributed by atoms with Crippen molar-refractivity contribution in [2.45, 2.75) is 38.4 Å². The van der Waals surface area contributed by atoms with Crippen LogP contribution >= 0.6 is 8.60 Å². The van der Waals surface area contributed by atoms with Gasteiger partial charge in [-0.05, 0) is 0 Å². The van der Waals surface area contributed by atoms with Crippen LogP contribution in [-0.4, -0.2) is 60.6 Å². The number of esters is 2. The van der Waals surface area contributed by atoms with Crippen LogP contribution in [0.25, 0.3) is 0 Å². The molecule has 1 saturated heterocycles. The van der Waals surface area contributed by atoms with E-state index >= 15 is 0 Å². The molecule has 1 aliphatic heterocycles. The van der Waals surface area contributed by atoms with E-state index in [9.17, 15) is 19.2 Å². The van der Waals surface area contributed by atoms with Gasteiger partial charge < -0.3 is 27.8 Å². The zero-order valence-electron chi connectivity index (χ0n) is 15.6. The number of carbonyl (C=O) groups excluding carboxylic acids is 2. The van der Waals surface area contributed by atoms with Crippen LogP contribution in [0.1, 0.15) is 20.1 Å². The Morgan fingerprint density at radius 3 is 2.29 bits per heavy atom. The minimum absolute atomic E-state index is 0.141. The lowest BCUT2D eigenvalue weighted by molar-refractivity contribution is -0.165. The monoisotopic (exact) mass is 420 g/mol. The van der Waals surface area contributed by atoms with Crippen LogP contribution in [0.2, 0.25) is 0 Å². The van der Waals surface area contributed by atoms with Gasteiger partial charge in [0.15, 0.2) is 18.4 Å². The SMILES string of the molecule is COP(OC)OC[C@H]1O[C@@H](n2ccc(=O)[nH]c2=O)[C@H](OC(C)=O)[C@@H]1OC(C)=O. The summed E-state index contributed by atoms with van der Waals surface area (Å²) in [5.41, 5.74) is -1.39. The first-order chi connectivity index (χ1) is 13.3. The minimum atomic E-state index is -1.67. The maximum atomic E-state index is 12.2. The molecule has 4 atom stereocenters. The summed E-state index contributed by atoms with van der Waals surface area (Å²) in [5.74, 6) is -1.32. The predicted molar refractivity (Wildman–Crippen MR) is 93.2 cm³/mol. The number of H-pyrrole nitrogens is 1. The molecule has 0 unspecified atom stereocenters. The van der Waals surface area contributed by atoms with Gasteiger partial charge >= 0.3 is 26.2 Å². The third-order valence-electron chi connectivity index (χ3n) is 3.66. The summed E-state index contributed by atoms with van der Waals surface area (Å²) in [5, 5.41) is 0. The van der Waals surface area contributed by atoms with E-state index in [4.69, 9.17) is 27.8 Å². The van der Waals surface area contributed by atoms with Gasteiger partial charge in [0, 0.05) is 40.3 Å².